The lowest BCUT2D eigenvalue weighted by atomic mass is 9.98. The molecule has 2 atom stereocenters. The molecule has 0 aliphatic heterocycles. The number of nitrogens with one attached hydrogen (secondary N) is 2. The number of hydrogen-bond donors (Lipinski definition) is 3. The second-order valence-electron chi connectivity index (χ2n) is 11.9. The summed E-state index contributed by atoms with van der Waals surface area (Å²) in [6.07, 6.45) is 7.26. The summed E-state index contributed by atoms with van der Waals surface area (Å²) in [6, 6.07) is 16.4. The smallest absolute Gasteiger partial charge is 0.408 e. The molecule has 3 rings (SSSR count). The molecule has 0 spiro atoms. The van der Waals surface area contributed by atoms with Crippen LogP contribution >= 0.6 is 11.6 Å². The summed E-state index contributed by atoms with van der Waals surface area (Å²) in [7, 11) is 0. The molecular formula is C36H42ClN3O5. The first-order valence-corrected chi connectivity index (χ1v) is 15.4. The Hall–Kier alpha value is -4.48. The molecule has 2 unspecified atom stereocenters. The lowest BCUT2D eigenvalue weighted by Crippen LogP contribution is -2.53. The summed E-state index contributed by atoms with van der Waals surface area (Å²) < 4.78 is 5.50. The normalized spacial score (nSPS) is 12.4. The number of halogens is 1. The Morgan fingerprint density at radius 2 is 1.69 bits per heavy atom. The molecule has 0 saturated carbocycles. The van der Waals surface area contributed by atoms with E-state index in [2.05, 4.69) is 16.6 Å². The third kappa shape index (κ3) is 10.3. The van der Waals surface area contributed by atoms with Gasteiger partial charge in [-0.25, -0.2) is 4.79 Å². The van der Waals surface area contributed by atoms with Crippen LogP contribution in [0.3, 0.4) is 0 Å². The molecule has 238 valence electrons. The quantitative estimate of drug-likeness (QED) is 0.145. The van der Waals surface area contributed by atoms with Gasteiger partial charge in [-0.2, -0.15) is 0 Å². The molecule has 0 aliphatic rings. The van der Waals surface area contributed by atoms with E-state index >= 15 is 0 Å². The van der Waals surface area contributed by atoms with E-state index in [9.17, 15) is 19.5 Å². The van der Waals surface area contributed by atoms with Crippen molar-refractivity contribution in [3.05, 3.63) is 94.0 Å². The highest BCUT2D eigenvalue weighted by Crippen LogP contribution is 2.30. The molecule has 0 saturated heterocycles. The molecule has 45 heavy (non-hydrogen) atoms. The number of alkyl carbamates (subject to hydrolysis) is 1. The maximum Gasteiger partial charge on any atom is 0.408 e. The fourth-order valence-electron chi connectivity index (χ4n) is 4.83. The Balaban J connectivity index is 2.11. The fraction of sp³-hybridized carbons (Fsp3) is 0.361. The van der Waals surface area contributed by atoms with Gasteiger partial charge in [0, 0.05) is 18.5 Å². The van der Waals surface area contributed by atoms with Crippen LogP contribution in [0.1, 0.15) is 75.3 Å². The Bertz CT molecular complexity index is 1490. The van der Waals surface area contributed by atoms with Crippen LogP contribution in [-0.2, 0) is 20.7 Å². The number of ether oxygens (including phenoxy) is 1. The number of aromatic hydroxyl groups is 1. The lowest BCUT2D eigenvalue weighted by Gasteiger charge is -2.35. The average Bonchev–Trinajstić information content (AvgIpc) is 2.98. The standard InChI is InChI=1S/C36H42ClN3O5/c1-7-9-10-22-40(34(43)30(38-35(44)45-36(4,5)6)23-26-16-20-28(41)21-17-26)32(27-18-14-25(8-2)15-19-27)33(42)39-31-24(3)12-11-13-29(31)37/h2,11-21,30,32,41H,7,9-10,22-23H2,1,3-6H3,(H,38,44)(H,39,42). The van der Waals surface area contributed by atoms with Gasteiger partial charge in [0.05, 0.1) is 10.7 Å². The molecule has 0 fully saturated rings. The number of carbonyl (C=O) groups is 3. The van der Waals surface area contributed by atoms with Crippen molar-refractivity contribution in [2.75, 3.05) is 11.9 Å². The molecule has 3 aromatic carbocycles. The van der Waals surface area contributed by atoms with Crippen LogP contribution in [0, 0.1) is 19.3 Å². The first kappa shape index (κ1) is 35.0. The van der Waals surface area contributed by atoms with Gasteiger partial charge < -0.3 is 25.4 Å². The van der Waals surface area contributed by atoms with E-state index < -0.39 is 35.6 Å². The number of carbonyl (C=O) groups excluding carboxylic acids is 3. The van der Waals surface area contributed by atoms with Gasteiger partial charge in [0.1, 0.15) is 23.4 Å². The molecule has 0 aromatic heterocycles. The number of aryl methyl sites for hydroxylation is 1. The van der Waals surface area contributed by atoms with Gasteiger partial charge in [0.2, 0.25) is 5.91 Å². The zero-order valence-electron chi connectivity index (χ0n) is 26.5. The van der Waals surface area contributed by atoms with E-state index in [1.54, 1.807) is 69.3 Å². The summed E-state index contributed by atoms with van der Waals surface area (Å²) in [5.74, 6) is 1.72. The summed E-state index contributed by atoms with van der Waals surface area (Å²) in [5, 5.41) is 15.9. The minimum atomic E-state index is -1.09. The fourth-order valence-corrected chi connectivity index (χ4v) is 5.10. The lowest BCUT2D eigenvalue weighted by molar-refractivity contribution is -0.140. The Labute approximate surface area is 271 Å². The van der Waals surface area contributed by atoms with Crippen LogP contribution < -0.4 is 10.6 Å². The second-order valence-corrected chi connectivity index (χ2v) is 12.3. The topological polar surface area (TPSA) is 108 Å². The van der Waals surface area contributed by atoms with Crippen molar-refractivity contribution in [3.63, 3.8) is 0 Å². The number of rotatable bonds is 12. The van der Waals surface area contributed by atoms with Gasteiger partial charge in [0.15, 0.2) is 0 Å². The highest BCUT2D eigenvalue weighted by molar-refractivity contribution is 6.34. The average molecular weight is 632 g/mol. The summed E-state index contributed by atoms with van der Waals surface area (Å²) in [5.41, 5.74) is 2.27. The molecule has 3 aromatic rings. The van der Waals surface area contributed by atoms with Gasteiger partial charge in [-0.05, 0) is 81.1 Å². The van der Waals surface area contributed by atoms with Crippen LogP contribution in [0.2, 0.25) is 5.02 Å². The van der Waals surface area contributed by atoms with E-state index in [0.29, 0.717) is 33.8 Å². The van der Waals surface area contributed by atoms with Crippen molar-refractivity contribution >= 4 is 35.2 Å². The SMILES string of the molecule is C#Cc1ccc(C(C(=O)Nc2c(C)cccc2Cl)N(CCCCC)C(=O)C(Cc2ccc(O)cc2)NC(=O)OC(C)(C)C)cc1. The minimum Gasteiger partial charge on any atom is -0.508 e. The van der Waals surface area contributed by atoms with Gasteiger partial charge in [-0.15, -0.1) is 6.42 Å². The zero-order chi connectivity index (χ0) is 33.1. The highest BCUT2D eigenvalue weighted by atomic mass is 35.5. The maximum absolute atomic E-state index is 14.6. The largest absolute Gasteiger partial charge is 0.508 e. The van der Waals surface area contributed by atoms with Crippen LogP contribution in [0.5, 0.6) is 5.75 Å². The van der Waals surface area contributed by atoms with E-state index in [-0.39, 0.29) is 18.7 Å². The number of nitrogens with zero attached hydrogens (tertiary/aromatic N) is 1. The van der Waals surface area contributed by atoms with Crippen molar-refractivity contribution in [1.82, 2.24) is 10.2 Å². The van der Waals surface area contributed by atoms with Gasteiger partial charge in [-0.3, -0.25) is 9.59 Å². The van der Waals surface area contributed by atoms with Gasteiger partial charge in [0.25, 0.3) is 5.91 Å². The first-order chi connectivity index (χ1) is 21.3. The second kappa shape index (κ2) is 16.0. The number of amides is 3. The summed E-state index contributed by atoms with van der Waals surface area (Å²) in [4.78, 5) is 43.4. The van der Waals surface area contributed by atoms with Crippen LogP contribution in [0.4, 0.5) is 10.5 Å². The zero-order valence-corrected chi connectivity index (χ0v) is 27.3. The number of anilines is 1. The summed E-state index contributed by atoms with van der Waals surface area (Å²) in [6.45, 7) is 9.32. The molecule has 3 N–H and O–H groups in total. The van der Waals surface area contributed by atoms with Crippen molar-refractivity contribution < 1.29 is 24.2 Å². The molecule has 8 nitrogen and oxygen atoms in total. The van der Waals surface area contributed by atoms with E-state index in [1.807, 2.05) is 19.9 Å². The summed E-state index contributed by atoms with van der Waals surface area (Å²) >= 11 is 6.47. The Morgan fingerprint density at radius 1 is 1.02 bits per heavy atom. The van der Waals surface area contributed by atoms with Crippen molar-refractivity contribution in [3.8, 4) is 18.1 Å². The van der Waals surface area contributed by atoms with E-state index in [1.165, 1.54) is 17.0 Å². The number of unbranched alkanes of at least 4 members (excludes halogenated alkanes) is 2. The number of benzene rings is 3. The molecule has 0 heterocycles. The van der Waals surface area contributed by atoms with Gasteiger partial charge in [-0.1, -0.05) is 73.7 Å². The van der Waals surface area contributed by atoms with Crippen LogP contribution in [0.25, 0.3) is 0 Å². The maximum atomic E-state index is 14.6. The highest BCUT2D eigenvalue weighted by Gasteiger charge is 2.36. The molecule has 9 heteroatoms. The molecular weight excluding hydrogens is 590 g/mol. The molecule has 0 radical (unpaired) electrons. The predicted molar refractivity (Wildman–Crippen MR) is 178 cm³/mol. The van der Waals surface area contributed by atoms with Crippen LogP contribution in [-0.4, -0.2) is 46.1 Å². The number of phenolic OH excluding ortho intramolecular Hbond substituents is 1. The number of hydrogen-bond acceptors (Lipinski definition) is 5. The monoisotopic (exact) mass is 631 g/mol. The number of terminal acetylenes is 1. The minimum absolute atomic E-state index is 0.0740. The van der Waals surface area contributed by atoms with Crippen LogP contribution in [0.15, 0.2) is 66.7 Å². The third-order valence-corrected chi connectivity index (χ3v) is 7.39. The van der Waals surface area contributed by atoms with E-state index in [4.69, 9.17) is 22.8 Å². The molecule has 0 bridgehead atoms. The third-order valence-electron chi connectivity index (χ3n) is 7.07. The first-order valence-electron chi connectivity index (χ1n) is 15.0. The van der Waals surface area contributed by atoms with Crippen molar-refractivity contribution in [1.29, 1.82) is 0 Å². The molecule has 3 amide bonds. The van der Waals surface area contributed by atoms with E-state index in [0.717, 1.165) is 18.4 Å². The van der Waals surface area contributed by atoms with Gasteiger partial charge >= 0.3 is 6.09 Å². The van der Waals surface area contributed by atoms with Crippen molar-refractivity contribution in [2.24, 2.45) is 0 Å². The number of para-hydroxylation sites is 1. The Morgan fingerprint density at radius 3 is 2.27 bits per heavy atom. The predicted octanol–water partition coefficient (Wildman–Crippen LogP) is 7.17. The van der Waals surface area contributed by atoms with Crippen molar-refractivity contribution in [2.45, 2.75) is 78.0 Å². The number of phenols is 1. The molecule has 0 aliphatic carbocycles. The Kier molecular flexibility index (Phi) is 12.5.